The number of halogens is 2. The van der Waals surface area contributed by atoms with Crippen LogP contribution in [0.4, 0.5) is 4.39 Å². The fourth-order valence-electron chi connectivity index (χ4n) is 1.93. The monoisotopic (exact) mass is 342 g/mol. The third kappa shape index (κ3) is 3.84. The first kappa shape index (κ1) is 16.9. The summed E-state index contributed by atoms with van der Waals surface area (Å²) in [6, 6.07) is 11.8. The van der Waals surface area contributed by atoms with Crippen molar-refractivity contribution in [2.45, 2.75) is 6.04 Å². The van der Waals surface area contributed by atoms with Crippen LogP contribution in [-0.4, -0.2) is 26.8 Å². The fraction of sp³-hybridized carbons (Fsp3) is 0.200. The molecule has 0 aliphatic carbocycles. The van der Waals surface area contributed by atoms with Gasteiger partial charge in [-0.2, -0.15) is 17.4 Å². The van der Waals surface area contributed by atoms with Gasteiger partial charge in [0.2, 0.25) is 0 Å². The highest BCUT2D eigenvalue weighted by atomic mass is 35.5. The molecule has 118 valence electrons. The minimum absolute atomic E-state index is 0.392. The smallest absolute Gasteiger partial charge is 0.207 e. The summed E-state index contributed by atoms with van der Waals surface area (Å²) in [7, 11) is -0.835. The lowest BCUT2D eigenvalue weighted by Gasteiger charge is -2.23. The van der Waals surface area contributed by atoms with E-state index in [0.717, 1.165) is 4.31 Å². The Morgan fingerprint density at radius 1 is 1.09 bits per heavy atom. The van der Waals surface area contributed by atoms with Gasteiger partial charge in [0, 0.05) is 19.1 Å². The molecule has 0 spiro atoms. The van der Waals surface area contributed by atoms with Crippen LogP contribution in [0.25, 0.3) is 0 Å². The summed E-state index contributed by atoms with van der Waals surface area (Å²) < 4.78 is 41.1. The number of nitrogens with zero attached hydrogens (tertiary/aromatic N) is 1. The zero-order chi connectivity index (χ0) is 16.3. The van der Waals surface area contributed by atoms with Crippen molar-refractivity contribution in [1.29, 1.82) is 0 Å². The van der Waals surface area contributed by atoms with Crippen molar-refractivity contribution >= 4 is 21.8 Å². The van der Waals surface area contributed by atoms with E-state index in [9.17, 15) is 12.8 Å². The van der Waals surface area contributed by atoms with Gasteiger partial charge < -0.3 is 0 Å². The minimum Gasteiger partial charge on any atom is -0.207 e. The topological polar surface area (TPSA) is 49.4 Å². The van der Waals surface area contributed by atoms with Gasteiger partial charge in [-0.25, -0.2) is 4.39 Å². The molecule has 2 aromatic carbocycles. The highest BCUT2D eigenvalue weighted by molar-refractivity contribution is 7.87. The zero-order valence-electron chi connectivity index (χ0n) is 12.1. The average molecular weight is 343 g/mol. The van der Waals surface area contributed by atoms with Gasteiger partial charge in [0.25, 0.3) is 10.2 Å². The molecule has 0 heterocycles. The van der Waals surface area contributed by atoms with E-state index in [1.54, 1.807) is 24.3 Å². The lowest BCUT2D eigenvalue weighted by molar-refractivity contribution is 0.498. The molecule has 0 unspecified atom stereocenters. The molecule has 2 rings (SSSR count). The minimum atomic E-state index is -3.69. The van der Waals surface area contributed by atoms with Crippen molar-refractivity contribution < 1.29 is 12.8 Å². The van der Waals surface area contributed by atoms with Crippen molar-refractivity contribution in [1.82, 2.24) is 9.03 Å². The summed E-state index contributed by atoms with van der Waals surface area (Å²) in [5.74, 6) is -0.392. The molecule has 0 aliphatic heterocycles. The summed E-state index contributed by atoms with van der Waals surface area (Å²) >= 11 is 6.19. The highest BCUT2D eigenvalue weighted by Crippen LogP contribution is 2.29. The van der Waals surface area contributed by atoms with Crippen molar-refractivity contribution in [3.05, 3.63) is 70.5 Å². The second-order valence-corrected chi connectivity index (χ2v) is 7.23. The molecule has 0 radical (unpaired) electrons. The van der Waals surface area contributed by atoms with Gasteiger partial charge >= 0.3 is 0 Å². The lowest BCUT2D eigenvalue weighted by atomic mass is 10.00. The van der Waals surface area contributed by atoms with Crippen LogP contribution in [0.15, 0.2) is 48.5 Å². The van der Waals surface area contributed by atoms with E-state index in [0.29, 0.717) is 16.1 Å². The average Bonchev–Trinajstić information content (AvgIpc) is 2.46. The predicted molar refractivity (Wildman–Crippen MR) is 85.4 cm³/mol. The largest absolute Gasteiger partial charge is 0.279 e. The van der Waals surface area contributed by atoms with Gasteiger partial charge in [0.05, 0.1) is 6.04 Å². The molecular weight excluding hydrogens is 327 g/mol. The first-order valence-corrected chi connectivity index (χ1v) is 8.33. The number of nitrogens with one attached hydrogen (secondary N) is 1. The molecule has 0 saturated carbocycles. The summed E-state index contributed by atoms with van der Waals surface area (Å²) in [4.78, 5) is 0. The van der Waals surface area contributed by atoms with Crippen molar-refractivity contribution in [3.63, 3.8) is 0 Å². The van der Waals surface area contributed by atoms with Crippen LogP contribution in [0.3, 0.4) is 0 Å². The first-order chi connectivity index (χ1) is 10.3. The Morgan fingerprint density at radius 2 is 1.68 bits per heavy atom. The SMILES string of the molecule is CN(C)S(=O)(=O)N[C@H](c1ccc(F)cc1)c1ccccc1Cl. The van der Waals surface area contributed by atoms with Crippen LogP contribution >= 0.6 is 11.6 Å². The fourth-order valence-corrected chi connectivity index (χ4v) is 2.95. The maximum atomic E-state index is 13.1. The second-order valence-electron chi connectivity index (χ2n) is 4.91. The molecule has 4 nitrogen and oxygen atoms in total. The summed E-state index contributed by atoms with van der Waals surface area (Å²) in [6.45, 7) is 0. The number of rotatable bonds is 5. The number of hydrogen-bond donors (Lipinski definition) is 1. The Labute approximate surface area is 134 Å². The van der Waals surface area contributed by atoms with Crippen LogP contribution in [-0.2, 0) is 10.2 Å². The quantitative estimate of drug-likeness (QED) is 0.908. The van der Waals surface area contributed by atoms with Crippen LogP contribution in [0.5, 0.6) is 0 Å². The zero-order valence-corrected chi connectivity index (χ0v) is 13.7. The van der Waals surface area contributed by atoms with E-state index in [1.807, 2.05) is 0 Å². The summed E-state index contributed by atoms with van der Waals surface area (Å²) in [6.07, 6.45) is 0. The van der Waals surface area contributed by atoms with E-state index in [2.05, 4.69) is 4.72 Å². The third-order valence-electron chi connectivity index (χ3n) is 3.17. The Balaban J connectivity index is 2.50. The van der Waals surface area contributed by atoms with E-state index >= 15 is 0 Å². The van der Waals surface area contributed by atoms with Crippen LogP contribution in [0, 0.1) is 5.82 Å². The molecule has 0 bridgehead atoms. The molecule has 2 aromatic rings. The van der Waals surface area contributed by atoms with Gasteiger partial charge in [-0.15, -0.1) is 0 Å². The molecule has 0 aliphatic rings. The number of hydrogen-bond acceptors (Lipinski definition) is 2. The first-order valence-electron chi connectivity index (χ1n) is 6.51. The Kier molecular flexibility index (Phi) is 5.18. The molecule has 0 amide bonds. The van der Waals surface area contributed by atoms with Gasteiger partial charge in [-0.1, -0.05) is 41.9 Å². The Hall–Kier alpha value is -1.47. The summed E-state index contributed by atoms with van der Waals surface area (Å²) in [5.41, 5.74) is 1.20. The molecule has 0 fully saturated rings. The summed E-state index contributed by atoms with van der Waals surface area (Å²) in [5, 5.41) is 0.429. The second kappa shape index (κ2) is 6.75. The van der Waals surface area contributed by atoms with E-state index in [1.165, 1.54) is 38.4 Å². The highest BCUT2D eigenvalue weighted by Gasteiger charge is 2.24. The maximum absolute atomic E-state index is 13.1. The van der Waals surface area contributed by atoms with Crippen LogP contribution < -0.4 is 4.72 Å². The van der Waals surface area contributed by atoms with Gasteiger partial charge in [0.1, 0.15) is 5.82 Å². The maximum Gasteiger partial charge on any atom is 0.279 e. The van der Waals surface area contributed by atoms with E-state index < -0.39 is 22.1 Å². The van der Waals surface area contributed by atoms with Crippen molar-refractivity contribution in [2.24, 2.45) is 0 Å². The van der Waals surface area contributed by atoms with E-state index in [-0.39, 0.29) is 0 Å². The molecule has 1 N–H and O–H groups in total. The van der Waals surface area contributed by atoms with Crippen molar-refractivity contribution in [2.75, 3.05) is 14.1 Å². The van der Waals surface area contributed by atoms with Crippen LogP contribution in [0.2, 0.25) is 5.02 Å². The van der Waals surface area contributed by atoms with Crippen LogP contribution in [0.1, 0.15) is 17.2 Å². The number of benzene rings is 2. The Bertz CT molecular complexity index is 748. The molecule has 0 saturated heterocycles. The predicted octanol–water partition coefficient (Wildman–Crippen LogP) is 2.96. The third-order valence-corrected chi connectivity index (χ3v) is 5.01. The molecule has 0 aromatic heterocycles. The molecule has 22 heavy (non-hydrogen) atoms. The molecule has 7 heteroatoms. The standard InChI is InChI=1S/C15H16ClFN2O2S/c1-19(2)22(20,21)18-15(11-7-9-12(17)10-8-11)13-5-3-4-6-14(13)16/h3-10,15,18H,1-2H3/t15-/m1/s1. The van der Waals surface area contributed by atoms with E-state index in [4.69, 9.17) is 11.6 Å². The van der Waals surface area contributed by atoms with Gasteiger partial charge in [-0.05, 0) is 29.3 Å². The van der Waals surface area contributed by atoms with Gasteiger partial charge in [0.15, 0.2) is 0 Å². The normalized spacial score (nSPS) is 13.3. The Morgan fingerprint density at radius 3 is 2.23 bits per heavy atom. The van der Waals surface area contributed by atoms with Gasteiger partial charge in [-0.3, -0.25) is 0 Å². The molecule has 1 atom stereocenters. The molecular formula is C15H16ClFN2O2S. The van der Waals surface area contributed by atoms with Crippen molar-refractivity contribution in [3.8, 4) is 0 Å². The lowest BCUT2D eigenvalue weighted by Crippen LogP contribution is -2.38.